The summed E-state index contributed by atoms with van der Waals surface area (Å²) in [7, 11) is 1.77. The van der Waals surface area contributed by atoms with Crippen LogP contribution in [0.3, 0.4) is 0 Å². The van der Waals surface area contributed by atoms with E-state index in [2.05, 4.69) is 25.3 Å². The van der Waals surface area contributed by atoms with Gasteiger partial charge in [0.2, 0.25) is 0 Å². The summed E-state index contributed by atoms with van der Waals surface area (Å²) >= 11 is 0. The number of likely N-dealkylation sites (tertiary alicyclic amines) is 1. The van der Waals surface area contributed by atoms with Crippen molar-refractivity contribution in [3.63, 3.8) is 0 Å². The largest absolute Gasteiger partial charge is 0.459 e. The number of piperidine rings is 1. The summed E-state index contributed by atoms with van der Waals surface area (Å²) in [5.74, 6) is 1.12. The summed E-state index contributed by atoms with van der Waals surface area (Å²) in [5.41, 5.74) is 0.426. The topological polar surface area (TPSA) is 109 Å². The Morgan fingerprint density at radius 2 is 2.37 bits per heavy atom. The highest BCUT2D eigenvalue weighted by atomic mass is 16.3. The Bertz CT molecular complexity index is 990. The van der Waals surface area contributed by atoms with E-state index in [0.717, 1.165) is 25.9 Å². The molecule has 1 aliphatic rings. The lowest BCUT2D eigenvalue weighted by Crippen LogP contribution is -2.41. The molecule has 1 atom stereocenters. The highest BCUT2D eigenvalue weighted by Crippen LogP contribution is 2.17. The summed E-state index contributed by atoms with van der Waals surface area (Å²) in [6, 6.07) is 3.35. The molecule has 9 nitrogen and oxygen atoms in total. The lowest BCUT2D eigenvalue weighted by molar-refractivity contribution is 0.0902. The molecule has 3 aromatic heterocycles. The maximum atomic E-state index is 12.2. The van der Waals surface area contributed by atoms with E-state index in [9.17, 15) is 9.59 Å². The zero-order valence-corrected chi connectivity index (χ0v) is 15.1. The summed E-state index contributed by atoms with van der Waals surface area (Å²) in [6.45, 7) is 2.95. The number of hydrogen-bond donors (Lipinski definition) is 2. The van der Waals surface area contributed by atoms with Crippen LogP contribution in [0.5, 0.6) is 0 Å². The van der Waals surface area contributed by atoms with E-state index in [4.69, 9.17) is 4.42 Å². The molecule has 0 radical (unpaired) electrons. The lowest BCUT2D eigenvalue weighted by atomic mass is 9.98. The van der Waals surface area contributed by atoms with Crippen LogP contribution in [0.1, 0.15) is 29.2 Å². The predicted octanol–water partition coefficient (Wildman–Crippen LogP) is 0.892. The second-order valence-electron chi connectivity index (χ2n) is 6.95. The highest BCUT2D eigenvalue weighted by molar-refractivity contribution is 5.91. The molecule has 0 aromatic carbocycles. The molecular weight excluding hydrogens is 348 g/mol. The Morgan fingerprint density at radius 3 is 3.19 bits per heavy atom. The van der Waals surface area contributed by atoms with Crippen LogP contribution >= 0.6 is 0 Å². The van der Waals surface area contributed by atoms with E-state index in [1.165, 1.54) is 12.5 Å². The van der Waals surface area contributed by atoms with Gasteiger partial charge in [0.15, 0.2) is 11.4 Å². The number of amides is 1. The molecule has 0 spiro atoms. The van der Waals surface area contributed by atoms with Gasteiger partial charge in [-0.05, 0) is 37.4 Å². The number of H-pyrrole nitrogens is 1. The number of aromatic amines is 1. The van der Waals surface area contributed by atoms with E-state index in [1.807, 2.05) is 0 Å². The number of nitrogens with zero attached hydrogens (tertiary/aromatic N) is 4. The fraction of sp³-hybridized carbons (Fsp3) is 0.444. The van der Waals surface area contributed by atoms with Crippen molar-refractivity contribution in [2.24, 2.45) is 13.0 Å². The number of aryl methyl sites for hydroxylation is 1. The van der Waals surface area contributed by atoms with E-state index < -0.39 is 0 Å². The fourth-order valence-corrected chi connectivity index (χ4v) is 3.56. The third kappa shape index (κ3) is 3.77. The highest BCUT2D eigenvalue weighted by Gasteiger charge is 2.22. The summed E-state index contributed by atoms with van der Waals surface area (Å²) < 4.78 is 6.72. The van der Waals surface area contributed by atoms with Gasteiger partial charge in [0.05, 0.1) is 19.0 Å². The van der Waals surface area contributed by atoms with Crippen molar-refractivity contribution in [1.82, 2.24) is 30.0 Å². The average molecular weight is 370 g/mol. The summed E-state index contributed by atoms with van der Waals surface area (Å²) in [6.07, 6.45) is 5.12. The number of aromatic nitrogens is 4. The third-order valence-corrected chi connectivity index (χ3v) is 4.92. The van der Waals surface area contributed by atoms with Gasteiger partial charge in [-0.3, -0.25) is 19.2 Å². The molecule has 4 heterocycles. The number of rotatable bonds is 5. The average Bonchev–Trinajstić information content (AvgIpc) is 3.31. The normalized spacial score (nSPS) is 18.0. The maximum absolute atomic E-state index is 12.2. The minimum absolute atomic E-state index is 0.164. The molecule has 4 rings (SSSR count). The second kappa shape index (κ2) is 7.36. The molecular formula is C18H22N6O3. The minimum atomic E-state index is -0.190. The van der Waals surface area contributed by atoms with Gasteiger partial charge in [-0.2, -0.15) is 5.10 Å². The molecule has 2 N–H and O–H groups in total. The van der Waals surface area contributed by atoms with Crippen molar-refractivity contribution >= 4 is 16.9 Å². The number of furan rings is 1. The first-order valence-corrected chi connectivity index (χ1v) is 9.05. The van der Waals surface area contributed by atoms with Crippen LogP contribution in [0.4, 0.5) is 0 Å². The Morgan fingerprint density at radius 1 is 1.48 bits per heavy atom. The van der Waals surface area contributed by atoms with Gasteiger partial charge in [-0.25, -0.2) is 4.98 Å². The molecule has 0 saturated carbocycles. The standard InChI is InChI=1S/C18H22N6O3/c1-23-16-13(9-20-23)17(25)22-15(21-16)11-24-6-2-4-12(10-24)8-19-18(26)14-5-3-7-27-14/h3,5,7,9,12H,2,4,6,8,10-11H2,1H3,(H,19,26)(H,21,22,25)/t12-/m0/s1. The molecule has 0 aliphatic carbocycles. The number of carbonyl (C=O) groups is 1. The maximum Gasteiger partial charge on any atom is 0.286 e. The SMILES string of the molecule is Cn1ncc2c(=O)[nH]c(CN3CCC[C@@H](CNC(=O)c4ccco4)C3)nc21. The Hall–Kier alpha value is -2.94. The first kappa shape index (κ1) is 17.5. The molecule has 9 heteroatoms. The molecule has 1 saturated heterocycles. The van der Waals surface area contributed by atoms with Gasteiger partial charge in [0.1, 0.15) is 11.2 Å². The predicted molar refractivity (Wildman–Crippen MR) is 98.2 cm³/mol. The van der Waals surface area contributed by atoms with E-state index in [-0.39, 0.29) is 11.5 Å². The zero-order valence-electron chi connectivity index (χ0n) is 15.1. The first-order chi connectivity index (χ1) is 13.1. The van der Waals surface area contributed by atoms with Crippen molar-refractivity contribution in [2.45, 2.75) is 19.4 Å². The molecule has 1 aliphatic heterocycles. The number of nitrogens with one attached hydrogen (secondary N) is 2. The smallest absolute Gasteiger partial charge is 0.286 e. The van der Waals surface area contributed by atoms with Crippen LogP contribution in [-0.4, -0.2) is 50.2 Å². The van der Waals surface area contributed by atoms with Crippen LogP contribution < -0.4 is 10.9 Å². The van der Waals surface area contributed by atoms with E-state index in [1.54, 1.807) is 23.9 Å². The van der Waals surface area contributed by atoms with Gasteiger partial charge in [0.25, 0.3) is 11.5 Å². The molecule has 1 amide bonds. The fourth-order valence-electron chi connectivity index (χ4n) is 3.56. The van der Waals surface area contributed by atoms with Crippen LogP contribution in [0.15, 0.2) is 33.8 Å². The van der Waals surface area contributed by atoms with E-state index in [0.29, 0.717) is 41.6 Å². The summed E-state index contributed by atoms with van der Waals surface area (Å²) in [4.78, 5) is 33.9. The first-order valence-electron chi connectivity index (χ1n) is 9.05. The molecule has 0 unspecified atom stereocenters. The quantitative estimate of drug-likeness (QED) is 0.690. The van der Waals surface area contributed by atoms with Crippen molar-refractivity contribution in [1.29, 1.82) is 0 Å². The van der Waals surface area contributed by atoms with Crippen LogP contribution in [-0.2, 0) is 13.6 Å². The monoisotopic (exact) mass is 370 g/mol. The third-order valence-electron chi connectivity index (χ3n) is 4.92. The van der Waals surface area contributed by atoms with Gasteiger partial charge < -0.3 is 14.7 Å². The number of hydrogen-bond acceptors (Lipinski definition) is 6. The van der Waals surface area contributed by atoms with Gasteiger partial charge in [-0.15, -0.1) is 0 Å². The molecule has 1 fully saturated rings. The van der Waals surface area contributed by atoms with Crippen LogP contribution in [0.25, 0.3) is 11.0 Å². The second-order valence-corrected chi connectivity index (χ2v) is 6.95. The van der Waals surface area contributed by atoms with Gasteiger partial charge in [-0.1, -0.05) is 0 Å². The molecule has 142 valence electrons. The van der Waals surface area contributed by atoms with Gasteiger partial charge in [0, 0.05) is 20.1 Å². The van der Waals surface area contributed by atoms with Crippen LogP contribution in [0.2, 0.25) is 0 Å². The summed E-state index contributed by atoms with van der Waals surface area (Å²) in [5, 5.41) is 7.52. The molecule has 27 heavy (non-hydrogen) atoms. The lowest BCUT2D eigenvalue weighted by Gasteiger charge is -2.32. The number of fused-ring (bicyclic) bond motifs is 1. The van der Waals surface area contributed by atoms with Crippen LogP contribution in [0, 0.1) is 5.92 Å². The Balaban J connectivity index is 1.38. The molecule has 3 aromatic rings. The van der Waals surface area contributed by atoms with Crippen molar-refractivity contribution in [3.05, 3.63) is 46.5 Å². The van der Waals surface area contributed by atoms with Crippen molar-refractivity contribution < 1.29 is 9.21 Å². The Kier molecular flexibility index (Phi) is 4.76. The zero-order chi connectivity index (χ0) is 18.8. The minimum Gasteiger partial charge on any atom is -0.459 e. The van der Waals surface area contributed by atoms with Crippen molar-refractivity contribution in [2.75, 3.05) is 19.6 Å². The Labute approximate surface area is 155 Å². The number of carbonyl (C=O) groups excluding carboxylic acids is 1. The van der Waals surface area contributed by atoms with Crippen molar-refractivity contribution in [3.8, 4) is 0 Å². The van der Waals surface area contributed by atoms with Gasteiger partial charge >= 0.3 is 0 Å². The molecule has 0 bridgehead atoms. The van der Waals surface area contributed by atoms with E-state index >= 15 is 0 Å².